The summed E-state index contributed by atoms with van der Waals surface area (Å²) in [5.74, 6) is -0.493. The Bertz CT molecular complexity index is 278. The molecule has 11 heavy (non-hydrogen) atoms. The van der Waals surface area contributed by atoms with Crippen molar-refractivity contribution in [1.82, 2.24) is 0 Å². The van der Waals surface area contributed by atoms with Crippen molar-refractivity contribution < 1.29 is 4.79 Å². The summed E-state index contributed by atoms with van der Waals surface area (Å²) in [4.78, 5) is 11.3. The van der Waals surface area contributed by atoms with Gasteiger partial charge < -0.3 is 11.5 Å². The van der Waals surface area contributed by atoms with Crippen LogP contribution in [0.4, 0.5) is 5.69 Å². The van der Waals surface area contributed by atoms with Gasteiger partial charge in [0, 0.05) is 16.1 Å². The molecular weight excluding hydrogens is 160 g/mol. The van der Waals surface area contributed by atoms with E-state index in [1.165, 1.54) is 6.07 Å². The summed E-state index contributed by atoms with van der Waals surface area (Å²) in [5.41, 5.74) is 11.3. The van der Waals surface area contributed by atoms with Crippen LogP contribution in [0.1, 0.15) is 10.4 Å². The summed E-state index contributed by atoms with van der Waals surface area (Å²) >= 11 is 4.03. The second-order valence-corrected chi connectivity index (χ2v) is 2.69. The van der Waals surface area contributed by atoms with E-state index in [1.54, 1.807) is 12.1 Å². The van der Waals surface area contributed by atoms with Gasteiger partial charge in [0.15, 0.2) is 0 Å². The van der Waals surface area contributed by atoms with Gasteiger partial charge >= 0.3 is 0 Å². The normalized spacial score (nSPS) is 9.55. The first kappa shape index (κ1) is 7.94. The molecule has 0 radical (unpaired) electrons. The molecule has 0 bridgehead atoms. The highest BCUT2D eigenvalue weighted by atomic mass is 32.1. The third kappa shape index (κ3) is 1.88. The van der Waals surface area contributed by atoms with Crippen molar-refractivity contribution in [2.24, 2.45) is 5.73 Å². The van der Waals surface area contributed by atoms with Crippen molar-refractivity contribution in [3.63, 3.8) is 0 Å². The molecule has 3 nitrogen and oxygen atoms in total. The van der Waals surface area contributed by atoms with Crippen LogP contribution in [0.5, 0.6) is 0 Å². The predicted octanol–water partition coefficient (Wildman–Crippen LogP) is 0.656. The molecular formula is C7H8N2OS. The summed E-state index contributed by atoms with van der Waals surface area (Å²) in [6, 6.07) is 4.74. The highest BCUT2D eigenvalue weighted by molar-refractivity contribution is 7.80. The molecule has 1 aromatic carbocycles. The number of benzene rings is 1. The zero-order valence-electron chi connectivity index (χ0n) is 5.74. The minimum absolute atomic E-state index is 0.384. The average Bonchev–Trinajstić information content (AvgIpc) is 1.85. The van der Waals surface area contributed by atoms with Gasteiger partial charge in [0.25, 0.3) is 0 Å². The van der Waals surface area contributed by atoms with Gasteiger partial charge in [0.05, 0.1) is 0 Å². The number of hydrogen-bond donors (Lipinski definition) is 3. The number of carbonyl (C=O) groups is 1. The fourth-order valence-electron chi connectivity index (χ4n) is 0.777. The maximum absolute atomic E-state index is 10.6. The van der Waals surface area contributed by atoms with Crippen molar-refractivity contribution in [1.29, 1.82) is 0 Å². The zero-order valence-corrected chi connectivity index (χ0v) is 6.64. The molecule has 0 aliphatic rings. The second kappa shape index (κ2) is 2.84. The summed E-state index contributed by atoms with van der Waals surface area (Å²) in [5, 5.41) is 0. The fraction of sp³-hybridized carbons (Fsp3) is 0. The monoisotopic (exact) mass is 168 g/mol. The van der Waals surface area contributed by atoms with Crippen LogP contribution in [0.15, 0.2) is 23.1 Å². The van der Waals surface area contributed by atoms with Crippen molar-refractivity contribution in [3.05, 3.63) is 23.8 Å². The SMILES string of the molecule is NC(=O)c1cc(N)cc(S)c1. The van der Waals surface area contributed by atoms with Crippen LogP contribution < -0.4 is 11.5 Å². The molecule has 0 atom stereocenters. The molecule has 0 saturated carbocycles. The predicted molar refractivity (Wildman–Crippen MR) is 46.6 cm³/mol. The van der Waals surface area contributed by atoms with Crippen LogP contribution in [-0.2, 0) is 0 Å². The smallest absolute Gasteiger partial charge is 0.248 e. The number of amides is 1. The lowest BCUT2D eigenvalue weighted by molar-refractivity contribution is 0.1000. The van der Waals surface area contributed by atoms with Crippen molar-refractivity contribution in [2.45, 2.75) is 4.90 Å². The lowest BCUT2D eigenvalue weighted by atomic mass is 10.2. The van der Waals surface area contributed by atoms with Gasteiger partial charge in [-0.1, -0.05) is 0 Å². The number of nitrogens with two attached hydrogens (primary N) is 2. The molecule has 0 spiro atoms. The number of anilines is 1. The topological polar surface area (TPSA) is 69.1 Å². The highest BCUT2D eigenvalue weighted by Crippen LogP contribution is 2.14. The number of nitrogen functional groups attached to an aromatic ring is 1. The van der Waals surface area contributed by atoms with Gasteiger partial charge in [0.2, 0.25) is 5.91 Å². The molecule has 0 unspecified atom stereocenters. The van der Waals surface area contributed by atoms with E-state index in [4.69, 9.17) is 11.5 Å². The van der Waals surface area contributed by atoms with E-state index in [0.29, 0.717) is 16.1 Å². The van der Waals surface area contributed by atoms with Gasteiger partial charge in [-0.15, -0.1) is 12.6 Å². The fourth-order valence-corrected chi connectivity index (χ4v) is 1.07. The molecule has 0 fully saturated rings. The van der Waals surface area contributed by atoms with Crippen LogP contribution in [0, 0.1) is 0 Å². The molecule has 1 aromatic rings. The Labute approximate surface area is 69.8 Å². The minimum atomic E-state index is -0.493. The summed E-state index contributed by atoms with van der Waals surface area (Å²) < 4.78 is 0. The van der Waals surface area contributed by atoms with E-state index < -0.39 is 5.91 Å². The van der Waals surface area contributed by atoms with Gasteiger partial charge in [-0.3, -0.25) is 4.79 Å². The third-order valence-electron chi connectivity index (χ3n) is 1.22. The first-order valence-corrected chi connectivity index (χ1v) is 3.43. The molecule has 0 aliphatic heterocycles. The van der Waals surface area contributed by atoms with E-state index in [9.17, 15) is 4.79 Å². The van der Waals surface area contributed by atoms with E-state index in [1.807, 2.05) is 0 Å². The Morgan fingerprint density at radius 3 is 2.45 bits per heavy atom. The Morgan fingerprint density at radius 1 is 1.36 bits per heavy atom. The van der Waals surface area contributed by atoms with Crippen LogP contribution in [0.2, 0.25) is 0 Å². The Balaban J connectivity index is 3.19. The molecule has 1 amide bonds. The number of primary amides is 1. The van der Waals surface area contributed by atoms with Gasteiger partial charge in [-0.05, 0) is 18.2 Å². The molecule has 58 valence electrons. The Morgan fingerprint density at radius 2 is 2.00 bits per heavy atom. The highest BCUT2D eigenvalue weighted by Gasteiger charge is 2.00. The molecule has 4 heteroatoms. The van der Waals surface area contributed by atoms with Crippen LogP contribution in [0.3, 0.4) is 0 Å². The zero-order chi connectivity index (χ0) is 8.43. The van der Waals surface area contributed by atoms with Crippen molar-refractivity contribution in [2.75, 3.05) is 5.73 Å². The van der Waals surface area contributed by atoms with Crippen molar-refractivity contribution >= 4 is 24.2 Å². The minimum Gasteiger partial charge on any atom is -0.399 e. The van der Waals surface area contributed by atoms with Crippen LogP contribution in [-0.4, -0.2) is 5.91 Å². The number of thiol groups is 1. The maximum atomic E-state index is 10.6. The molecule has 0 saturated heterocycles. The quantitative estimate of drug-likeness (QED) is 0.426. The molecule has 0 aliphatic carbocycles. The number of hydrogen-bond acceptors (Lipinski definition) is 3. The van der Waals surface area contributed by atoms with E-state index >= 15 is 0 Å². The number of carbonyl (C=O) groups excluding carboxylic acids is 1. The number of rotatable bonds is 1. The molecule has 0 heterocycles. The summed E-state index contributed by atoms with van der Waals surface area (Å²) in [7, 11) is 0. The standard InChI is InChI=1S/C7H8N2OS/c8-5-1-4(7(9)10)2-6(11)3-5/h1-3,11H,8H2,(H2,9,10). The van der Waals surface area contributed by atoms with Crippen LogP contribution >= 0.6 is 12.6 Å². The first-order valence-electron chi connectivity index (χ1n) is 2.99. The average molecular weight is 168 g/mol. The second-order valence-electron chi connectivity index (χ2n) is 2.18. The summed E-state index contributed by atoms with van der Waals surface area (Å²) in [6.07, 6.45) is 0. The van der Waals surface area contributed by atoms with Crippen LogP contribution in [0.25, 0.3) is 0 Å². The van der Waals surface area contributed by atoms with Gasteiger partial charge in [-0.25, -0.2) is 0 Å². The summed E-state index contributed by atoms with van der Waals surface area (Å²) in [6.45, 7) is 0. The lowest BCUT2D eigenvalue weighted by Gasteiger charge is -1.98. The van der Waals surface area contributed by atoms with E-state index in [2.05, 4.69) is 12.6 Å². The molecule has 1 rings (SSSR count). The molecule has 0 aromatic heterocycles. The van der Waals surface area contributed by atoms with E-state index in [0.717, 1.165) is 0 Å². The third-order valence-corrected chi connectivity index (χ3v) is 1.48. The molecule has 4 N–H and O–H groups in total. The van der Waals surface area contributed by atoms with Crippen molar-refractivity contribution in [3.8, 4) is 0 Å². The maximum Gasteiger partial charge on any atom is 0.248 e. The Hall–Kier alpha value is -1.16. The first-order chi connectivity index (χ1) is 5.09. The van der Waals surface area contributed by atoms with Gasteiger partial charge in [-0.2, -0.15) is 0 Å². The lowest BCUT2D eigenvalue weighted by Crippen LogP contribution is -2.11. The van der Waals surface area contributed by atoms with Gasteiger partial charge in [0.1, 0.15) is 0 Å². The van der Waals surface area contributed by atoms with E-state index in [-0.39, 0.29) is 0 Å². The largest absolute Gasteiger partial charge is 0.399 e. The Kier molecular flexibility index (Phi) is 2.05.